The molecule has 22 heavy (non-hydrogen) atoms. The molecule has 0 bridgehead atoms. The van der Waals surface area contributed by atoms with Crippen molar-refractivity contribution >= 4 is 11.5 Å². The number of para-hydroxylation sites is 1. The number of anilines is 1. The number of imidazole rings is 1. The Morgan fingerprint density at radius 3 is 2.73 bits per heavy atom. The van der Waals surface area contributed by atoms with Crippen molar-refractivity contribution in [2.45, 2.75) is 18.9 Å². The Kier molecular flexibility index (Phi) is 3.18. The topological polar surface area (TPSA) is 51.5 Å². The van der Waals surface area contributed by atoms with Crippen molar-refractivity contribution in [1.82, 2.24) is 14.4 Å². The number of hydrogen-bond acceptors (Lipinski definition) is 4. The molecule has 1 aliphatic rings. The smallest absolute Gasteiger partial charge is 0.180 e. The van der Waals surface area contributed by atoms with Crippen molar-refractivity contribution in [2.75, 3.05) is 12.4 Å². The maximum absolute atomic E-state index is 5.53. The van der Waals surface area contributed by atoms with E-state index in [0.29, 0.717) is 5.92 Å². The fourth-order valence-electron chi connectivity index (χ4n) is 2.91. The van der Waals surface area contributed by atoms with Crippen LogP contribution in [0.15, 0.2) is 49.1 Å². The largest absolute Gasteiger partial charge is 0.496 e. The monoisotopic (exact) mass is 294 g/mol. The van der Waals surface area contributed by atoms with E-state index >= 15 is 0 Å². The van der Waals surface area contributed by atoms with Gasteiger partial charge in [-0.3, -0.25) is 0 Å². The third-order valence-corrected chi connectivity index (χ3v) is 4.17. The number of methoxy groups -OCH3 is 1. The van der Waals surface area contributed by atoms with Crippen LogP contribution < -0.4 is 10.1 Å². The van der Waals surface area contributed by atoms with Crippen molar-refractivity contribution in [1.29, 1.82) is 0 Å². The molecule has 1 aromatic carbocycles. The normalized spacial score (nSPS) is 15.7. The average molecular weight is 294 g/mol. The number of aromatic nitrogens is 3. The van der Waals surface area contributed by atoms with Crippen LogP contribution in [-0.4, -0.2) is 21.5 Å². The van der Waals surface area contributed by atoms with Crippen molar-refractivity contribution in [2.24, 2.45) is 5.92 Å². The summed E-state index contributed by atoms with van der Waals surface area (Å²) in [6.45, 7) is 0. The molecular weight excluding hydrogens is 276 g/mol. The van der Waals surface area contributed by atoms with Gasteiger partial charge in [-0.2, -0.15) is 0 Å². The van der Waals surface area contributed by atoms with Gasteiger partial charge >= 0.3 is 0 Å². The first-order valence-corrected chi connectivity index (χ1v) is 7.54. The molecule has 1 atom stereocenters. The minimum absolute atomic E-state index is 0.201. The van der Waals surface area contributed by atoms with E-state index in [0.717, 1.165) is 17.2 Å². The summed E-state index contributed by atoms with van der Waals surface area (Å²) < 4.78 is 7.51. The van der Waals surface area contributed by atoms with Gasteiger partial charge in [-0.25, -0.2) is 9.97 Å². The number of nitrogens with one attached hydrogen (secondary N) is 1. The Hall–Kier alpha value is -2.56. The van der Waals surface area contributed by atoms with Crippen LogP contribution in [0.3, 0.4) is 0 Å². The van der Waals surface area contributed by atoms with Gasteiger partial charge in [0.2, 0.25) is 0 Å². The van der Waals surface area contributed by atoms with Gasteiger partial charge < -0.3 is 14.5 Å². The van der Waals surface area contributed by atoms with Gasteiger partial charge in [-0.05, 0) is 24.8 Å². The zero-order chi connectivity index (χ0) is 14.9. The average Bonchev–Trinajstić information content (AvgIpc) is 3.29. The van der Waals surface area contributed by atoms with E-state index in [2.05, 4.69) is 27.4 Å². The lowest BCUT2D eigenvalue weighted by molar-refractivity contribution is 0.405. The first-order chi connectivity index (χ1) is 10.9. The van der Waals surface area contributed by atoms with Crippen molar-refractivity contribution < 1.29 is 4.74 Å². The minimum atomic E-state index is 0.201. The molecule has 1 N–H and O–H groups in total. The lowest BCUT2D eigenvalue weighted by Crippen LogP contribution is -2.15. The molecule has 3 aromatic rings. The molecule has 112 valence electrons. The number of ether oxygens (including phenoxy) is 1. The summed E-state index contributed by atoms with van der Waals surface area (Å²) in [4.78, 5) is 8.87. The molecule has 0 spiro atoms. The second kappa shape index (κ2) is 5.33. The molecule has 0 aliphatic heterocycles. The summed E-state index contributed by atoms with van der Waals surface area (Å²) in [5, 5.41) is 3.59. The fourth-order valence-corrected chi connectivity index (χ4v) is 2.91. The van der Waals surface area contributed by atoms with Crippen LogP contribution in [0.1, 0.15) is 24.4 Å². The summed E-state index contributed by atoms with van der Waals surface area (Å²) in [5.41, 5.74) is 2.03. The minimum Gasteiger partial charge on any atom is -0.496 e. The van der Waals surface area contributed by atoms with E-state index in [1.807, 2.05) is 28.9 Å². The SMILES string of the molecule is COc1ccccc1C(Nc1nccn2ccnc12)C1CC1. The van der Waals surface area contributed by atoms with Crippen LogP contribution >= 0.6 is 0 Å². The first-order valence-electron chi connectivity index (χ1n) is 7.54. The van der Waals surface area contributed by atoms with Crippen LogP contribution in [-0.2, 0) is 0 Å². The van der Waals surface area contributed by atoms with Crippen LogP contribution in [0.2, 0.25) is 0 Å². The molecule has 2 heterocycles. The van der Waals surface area contributed by atoms with Crippen LogP contribution in [0.25, 0.3) is 5.65 Å². The van der Waals surface area contributed by atoms with E-state index in [1.165, 1.54) is 18.4 Å². The highest BCUT2D eigenvalue weighted by Crippen LogP contribution is 2.45. The number of nitrogens with zero attached hydrogens (tertiary/aromatic N) is 3. The maximum Gasteiger partial charge on any atom is 0.180 e. The molecule has 4 rings (SSSR count). The number of rotatable bonds is 5. The Morgan fingerprint density at radius 2 is 1.95 bits per heavy atom. The summed E-state index contributed by atoms with van der Waals surface area (Å²) in [7, 11) is 1.72. The van der Waals surface area contributed by atoms with Crippen molar-refractivity contribution in [3.8, 4) is 5.75 Å². The molecule has 0 saturated heterocycles. The number of hydrogen-bond donors (Lipinski definition) is 1. The highest BCUT2D eigenvalue weighted by Gasteiger charge is 2.34. The third-order valence-electron chi connectivity index (χ3n) is 4.17. The highest BCUT2D eigenvalue weighted by molar-refractivity contribution is 5.63. The van der Waals surface area contributed by atoms with Gasteiger partial charge in [0.1, 0.15) is 5.75 Å². The third kappa shape index (κ3) is 2.28. The molecule has 1 aliphatic carbocycles. The number of benzene rings is 1. The lowest BCUT2D eigenvalue weighted by atomic mass is 10.0. The molecule has 2 aromatic heterocycles. The summed E-state index contributed by atoms with van der Waals surface area (Å²) in [6, 6.07) is 8.39. The fraction of sp³-hybridized carbons (Fsp3) is 0.294. The van der Waals surface area contributed by atoms with Gasteiger partial charge in [0, 0.05) is 30.4 Å². The van der Waals surface area contributed by atoms with E-state index < -0.39 is 0 Å². The van der Waals surface area contributed by atoms with Crippen LogP contribution in [0.4, 0.5) is 5.82 Å². The molecule has 1 fully saturated rings. The predicted octanol–water partition coefficient (Wildman–Crippen LogP) is 3.30. The zero-order valence-corrected chi connectivity index (χ0v) is 12.4. The molecule has 5 heteroatoms. The Bertz CT molecular complexity index is 794. The summed E-state index contributed by atoms with van der Waals surface area (Å²) in [6.07, 6.45) is 9.88. The summed E-state index contributed by atoms with van der Waals surface area (Å²) in [5.74, 6) is 2.35. The molecular formula is C17H18N4O. The predicted molar refractivity (Wildman–Crippen MR) is 85.1 cm³/mol. The summed E-state index contributed by atoms with van der Waals surface area (Å²) >= 11 is 0. The maximum atomic E-state index is 5.53. The van der Waals surface area contributed by atoms with Crippen LogP contribution in [0.5, 0.6) is 5.75 Å². The molecule has 0 radical (unpaired) electrons. The van der Waals surface area contributed by atoms with Crippen molar-refractivity contribution in [3.05, 3.63) is 54.6 Å². The van der Waals surface area contributed by atoms with Crippen molar-refractivity contribution in [3.63, 3.8) is 0 Å². The molecule has 1 saturated carbocycles. The van der Waals surface area contributed by atoms with E-state index in [4.69, 9.17) is 4.74 Å². The molecule has 1 unspecified atom stereocenters. The van der Waals surface area contributed by atoms with Crippen LogP contribution in [0, 0.1) is 5.92 Å². The van der Waals surface area contributed by atoms with Gasteiger partial charge in [-0.15, -0.1) is 0 Å². The zero-order valence-electron chi connectivity index (χ0n) is 12.4. The Labute approximate surface area is 129 Å². The number of fused-ring (bicyclic) bond motifs is 1. The Balaban J connectivity index is 1.73. The second-order valence-corrected chi connectivity index (χ2v) is 5.64. The van der Waals surface area contributed by atoms with E-state index in [1.54, 1.807) is 19.5 Å². The van der Waals surface area contributed by atoms with Gasteiger partial charge in [-0.1, -0.05) is 18.2 Å². The van der Waals surface area contributed by atoms with Gasteiger partial charge in [0.15, 0.2) is 11.5 Å². The van der Waals surface area contributed by atoms with E-state index in [9.17, 15) is 0 Å². The second-order valence-electron chi connectivity index (χ2n) is 5.64. The standard InChI is InChI=1S/C17H18N4O/c1-22-14-5-3-2-4-13(14)15(12-6-7-12)20-16-17-19-9-11-21(17)10-8-18-16/h2-5,8-12,15H,6-7H2,1H3,(H,18,20). The highest BCUT2D eigenvalue weighted by atomic mass is 16.5. The quantitative estimate of drug-likeness (QED) is 0.784. The van der Waals surface area contributed by atoms with Gasteiger partial charge in [0.05, 0.1) is 13.2 Å². The first kappa shape index (κ1) is 13.1. The van der Waals surface area contributed by atoms with Gasteiger partial charge in [0.25, 0.3) is 0 Å². The molecule has 0 amide bonds. The lowest BCUT2D eigenvalue weighted by Gasteiger charge is -2.21. The Morgan fingerprint density at radius 1 is 1.18 bits per heavy atom. The molecule has 5 nitrogen and oxygen atoms in total. The van der Waals surface area contributed by atoms with E-state index in [-0.39, 0.29) is 6.04 Å².